The highest BCUT2D eigenvalue weighted by Crippen LogP contribution is 2.34. The van der Waals surface area contributed by atoms with Gasteiger partial charge >= 0.3 is 0 Å². The Morgan fingerprint density at radius 3 is 2.73 bits per heavy atom. The molecule has 1 aromatic rings. The van der Waals surface area contributed by atoms with E-state index < -0.39 is 0 Å². The monoisotopic (exact) mass is 205 g/mol. The van der Waals surface area contributed by atoms with Crippen molar-refractivity contribution < 1.29 is 4.74 Å². The summed E-state index contributed by atoms with van der Waals surface area (Å²) in [4.78, 5) is 4.44. The van der Waals surface area contributed by atoms with Crippen LogP contribution in [0.25, 0.3) is 0 Å². The fourth-order valence-electron chi connectivity index (χ4n) is 1.68. The zero-order valence-corrected chi connectivity index (χ0v) is 9.79. The van der Waals surface area contributed by atoms with Gasteiger partial charge in [0.1, 0.15) is 5.75 Å². The predicted octanol–water partition coefficient (Wildman–Crippen LogP) is 3.31. The lowest BCUT2D eigenvalue weighted by molar-refractivity contribution is 0.294. The highest BCUT2D eigenvalue weighted by molar-refractivity contribution is 5.39. The number of pyridine rings is 1. The summed E-state index contributed by atoms with van der Waals surface area (Å²) in [5, 5.41) is 0. The first-order valence-corrected chi connectivity index (χ1v) is 5.86. The highest BCUT2D eigenvalue weighted by Gasteiger charge is 2.26. The smallest absolute Gasteiger partial charge is 0.144 e. The first-order valence-electron chi connectivity index (χ1n) is 5.86. The third-order valence-electron chi connectivity index (χ3n) is 2.75. The summed E-state index contributed by atoms with van der Waals surface area (Å²) in [6.07, 6.45) is 5.78. The minimum atomic E-state index is 0.435. The quantitative estimate of drug-likeness (QED) is 0.752. The number of ether oxygens (including phenoxy) is 1. The molecule has 2 rings (SSSR count). The molecular formula is C13H19NO. The molecular weight excluding hydrogens is 186 g/mol. The van der Waals surface area contributed by atoms with Crippen molar-refractivity contribution in [2.45, 2.75) is 52.1 Å². The van der Waals surface area contributed by atoms with E-state index in [0.29, 0.717) is 12.0 Å². The minimum Gasteiger partial charge on any atom is -0.488 e. The molecule has 2 nitrogen and oxygen atoms in total. The second-order valence-electron chi connectivity index (χ2n) is 4.51. The van der Waals surface area contributed by atoms with Crippen molar-refractivity contribution in [2.24, 2.45) is 0 Å². The number of hydrogen-bond donors (Lipinski definition) is 0. The molecule has 0 amide bonds. The average molecular weight is 205 g/mol. The molecule has 0 bridgehead atoms. The van der Waals surface area contributed by atoms with E-state index in [2.05, 4.69) is 31.8 Å². The van der Waals surface area contributed by atoms with Crippen LogP contribution >= 0.6 is 0 Å². The molecule has 0 atom stereocenters. The molecule has 0 N–H and O–H groups in total. The molecule has 1 aliphatic rings. The predicted molar refractivity (Wildman–Crippen MR) is 61.4 cm³/mol. The Kier molecular flexibility index (Phi) is 2.94. The fraction of sp³-hybridized carbons (Fsp3) is 0.615. The maximum absolute atomic E-state index is 5.98. The lowest BCUT2D eigenvalue weighted by atomic mass is 10.0. The van der Waals surface area contributed by atoms with Gasteiger partial charge < -0.3 is 4.74 Å². The number of aryl methyl sites for hydroxylation is 1. The molecule has 0 unspecified atom stereocenters. The van der Waals surface area contributed by atoms with Crippen LogP contribution < -0.4 is 4.74 Å². The largest absolute Gasteiger partial charge is 0.488 e. The van der Waals surface area contributed by atoms with Crippen LogP contribution in [0.15, 0.2) is 12.3 Å². The Hall–Kier alpha value is -1.05. The molecule has 1 fully saturated rings. The fourth-order valence-corrected chi connectivity index (χ4v) is 1.68. The molecule has 2 heteroatoms. The Balaban J connectivity index is 2.34. The summed E-state index contributed by atoms with van der Waals surface area (Å²) < 4.78 is 5.98. The Bertz CT molecular complexity index is 342. The normalized spacial score (nSPS) is 15.7. The maximum Gasteiger partial charge on any atom is 0.144 e. The molecule has 1 heterocycles. The standard InChI is InChI=1S/C13H19NO/c1-4-10-7-8-14-12(9(2)3)13(10)15-11-5-6-11/h7-9,11H,4-6H2,1-3H3. The van der Waals surface area contributed by atoms with Crippen LogP contribution in [0.2, 0.25) is 0 Å². The van der Waals surface area contributed by atoms with Gasteiger partial charge in [0.2, 0.25) is 0 Å². The van der Waals surface area contributed by atoms with Crippen molar-refractivity contribution in [2.75, 3.05) is 0 Å². The van der Waals surface area contributed by atoms with Crippen LogP contribution in [0.1, 0.15) is 50.8 Å². The Labute approximate surface area is 91.7 Å². The summed E-state index contributed by atoms with van der Waals surface area (Å²) >= 11 is 0. The zero-order valence-electron chi connectivity index (χ0n) is 9.79. The van der Waals surface area contributed by atoms with Crippen molar-refractivity contribution in [1.82, 2.24) is 4.98 Å². The van der Waals surface area contributed by atoms with Gasteiger partial charge in [0.05, 0.1) is 11.8 Å². The van der Waals surface area contributed by atoms with Gasteiger partial charge in [0.15, 0.2) is 0 Å². The molecule has 0 spiro atoms. The second-order valence-corrected chi connectivity index (χ2v) is 4.51. The lowest BCUT2D eigenvalue weighted by Crippen LogP contribution is -2.06. The van der Waals surface area contributed by atoms with Crippen molar-refractivity contribution >= 4 is 0 Å². The first-order chi connectivity index (χ1) is 7.22. The van der Waals surface area contributed by atoms with Crippen LogP contribution in [0.3, 0.4) is 0 Å². The third-order valence-corrected chi connectivity index (χ3v) is 2.75. The van der Waals surface area contributed by atoms with E-state index in [1.54, 1.807) is 0 Å². The molecule has 15 heavy (non-hydrogen) atoms. The van der Waals surface area contributed by atoms with Gasteiger partial charge in [0, 0.05) is 6.20 Å². The highest BCUT2D eigenvalue weighted by atomic mass is 16.5. The van der Waals surface area contributed by atoms with Crippen molar-refractivity contribution in [3.63, 3.8) is 0 Å². The van der Waals surface area contributed by atoms with Crippen molar-refractivity contribution in [3.05, 3.63) is 23.5 Å². The molecule has 1 saturated carbocycles. The number of hydrogen-bond acceptors (Lipinski definition) is 2. The molecule has 82 valence electrons. The molecule has 0 aromatic carbocycles. The molecule has 0 aliphatic heterocycles. The molecule has 1 aromatic heterocycles. The van der Waals surface area contributed by atoms with Crippen LogP contribution in [0, 0.1) is 0 Å². The number of aromatic nitrogens is 1. The van der Waals surface area contributed by atoms with Gasteiger partial charge in [-0.15, -0.1) is 0 Å². The van der Waals surface area contributed by atoms with E-state index in [0.717, 1.165) is 17.9 Å². The number of nitrogens with zero attached hydrogens (tertiary/aromatic N) is 1. The van der Waals surface area contributed by atoms with E-state index in [4.69, 9.17) is 4.74 Å². The van der Waals surface area contributed by atoms with Gasteiger partial charge in [-0.2, -0.15) is 0 Å². The summed E-state index contributed by atoms with van der Waals surface area (Å²) in [5.74, 6) is 1.49. The van der Waals surface area contributed by atoms with Crippen LogP contribution in [-0.2, 0) is 6.42 Å². The van der Waals surface area contributed by atoms with Gasteiger partial charge in [0.25, 0.3) is 0 Å². The summed E-state index contributed by atoms with van der Waals surface area (Å²) in [5.41, 5.74) is 2.40. The Morgan fingerprint density at radius 2 is 2.20 bits per heavy atom. The third kappa shape index (κ3) is 2.31. The van der Waals surface area contributed by atoms with Gasteiger partial charge in [-0.1, -0.05) is 20.8 Å². The number of rotatable bonds is 4. The average Bonchev–Trinajstić information content (AvgIpc) is 3.01. The van der Waals surface area contributed by atoms with E-state index in [1.165, 1.54) is 18.4 Å². The SMILES string of the molecule is CCc1ccnc(C(C)C)c1OC1CC1. The zero-order chi connectivity index (χ0) is 10.8. The van der Waals surface area contributed by atoms with Gasteiger partial charge in [-0.25, -0.2) is 0 Å². The minimum absolute atomic E-state index is 0.435. The van der Waals surface area contributed by atoms with Gasteiger partial charge in [-0.3, -0.25) is 4.98 Å². The van der Waals surface area contributed by atoms with Crippen LogP contribution in [-0.4, -0.2) is 11.1 Å². The van der Waals surface area contributed by atoms with E-state index >= 15 is 0 Å². The summed E-state index contributed by atoms with van der Waals surface area (Å²) in [6.45, 7) is 6.50. The lowest BCUT2D eigenvalue weighted by Gasteiger charge is -2.15. The van der Waals surface area contributed by atoms with E-state index in [1.807, 2.05) is 6.20 Å². The molecule has 0 radical (unpaired) electrons. The second kappa shape index (κ2) is 4.21. The van der Waals surface area contributed by atoms with Gasteiger partial charge in [-0.05, 0) is 36.8 Å². The Morgan fingerprint density at radius 1 is 1.47 bits per heavy atom. The van der Waals surface area contributed by atoms with Crippen LogP contribution in [0.4, 0.5) is 0 Å². The van der Waals surface area contributed by atoms with Crippen molar-refractivity contribution in [3.8, 4) is 5.75 Å². The van der Waals surface area contributed by atoms with E-state index in [-0.39, 0.29) is 0 Å². The van der Waals surface area contributed by atoms with Crippen LogP contribution in [0.5, 0.6) is 5.75 Å². The summed E-state index contributed by atoms with van der Waals surface area (Å²) in [6, 6.07) is 2.07. The maximum atomic E-state index is 5.98. The molecule has 0 saturated heterocycles. The van der Waals surface area contributed by atoms with Crippen molar-refractivity contribution in [1.29, 1.82) is 0 Å². The molecule has 1 aliphatic carbocycles. The first kappa shape index (κ1) is 10.5. The topological polar surface area (TPSA) is 22.1 Å². The van der Waals surface area contributed by atoms with E-state index in [9.17, 15) is 0 Å². The summed E-state index contributed by atoms with van der Waals surface area (Å²) in [7, 11) is 0.